The van der Waals surface area contributed by atoms with Gasteiger partial charge in [-0.3, -0.25) is 18.7 Å². The van der Waals surface area contributed by atoms with Crippen LogP contribution in [0.3, 0.4) is 0 Å². The normalized spacial score (nSPS) is 12.3. The second-order valence-electron chi connectivity index (χ2n) is 3.98. The Hall–Kier alpha value is -2.15. The third-order valence-electron chi connectivity index (χ3n) is 2.83. The zero-order chi connectivity index (χ0) is 14.7. The second-order valence-corrected chi connectivity index (χ2v) is 4.44. The van der Waals surface area contributed by atoms with Crippen LogP contribution in [0.2, 0.25) is 0 Å². The highest BCUT2D eigenvalue weighted by Gasteiger charge is 2.28. The highest BCUT2D eigenvalue weighted by atomic mass is 32.2. The van der Waals surface area contributed by atoms with Gasteiger partial charge in [0, 0.05) is 22.3 Å². The number of benzene rings is 2. The molecule has 1 aliphatic carbocycles. The summed E-state index contributed by atoms with van der Waals surface area (Å²) in [5.41, 5.74) is 2.02. The van der Waals surface area contributed by atoms with Crippen molar-refractivity contribution in [1.29, 1.82) is 0 Å². The number of carbonyl (C=O) groups is 2. The van der Waals surface area contributed by atoms with Gasteiger partial charge in [0.2, 0.25) is 0 Å². The van der Waals surface area contributed by atoms with Crippen LogP contribution >= 0.6 is 0 Å². The van der Waals surface area contributed by atoms with Gasteiger partial charge in [-0.2, -0.15) is 4.21 Å². The molecule has 2 N–H and O–H groups in total. The smallest absolute Gasteiger partial charge is 0.289 e. The van der Waals surface area contributed by atoms with E-state index in [1.807, 2.05) is 0 Å². The fourth-order valence-corrected chi connectivity index (χ4v) is 2.05. The minimum absolute atomic E-state index is 0.0641. The van der Waals surface area contributed by atoms with Crippen LogP contribution in [0.4, 0.5) is 0 Å². The van der Waals surface area contributed by atoms with E-state index < -0.39 is 11.4 Å². The lowest BCUT2D eigenvalue weighted by atomic mass is 9.84. The van der Waals surface area contributed by atoms with Crippen LogP contribution in [-0.2, 0) is 11.4 Å². The van der Waals surface area contributed by atoms with E-state index in [0.717, 1.165) is 0 Å². The molecule has 3 rings (SSSR count). The fourth-order valence-electron chi connectivity index (χ4n) is 2.05. The Labute approximate surface area is 117 Å². The molecule has 0 saturated heterocycles. The number of fused-ring (bicyclic) bond motifs is 2. The lowest BCUT2D eigenvalue weighted by Gasteiger charge is -2.16. The largest absolute Gasteiger partial charge is 0.299 e. The Balaban J connectivity index is 0.000000328. The molecule has 102 valence electrons. The summed E-state index contributed by atoms with van der Waals surface area (Å²) in [6.07, 6.45) is 0. The summed E-state index contributed by atoms with van der Waals surface area (Å²) in [7, 11) is 0. The quantitative estimate of drug-likeness (QED) is 0.619. The molecule has 20 heavy (non-hydrogen) atoms. The summed E-state index contributed by atoms with van der Waals surface area (Å²) in [4.78, 5) is 24.2. The molecule has 0 bridgehead atoms. The SMILES string of the molecule is O=C1c2ccccc2C(=O)c2ccccc21.O=S(O)O. The molecule has 1 aliphatic rings. The summed E-state index contributed by atoms with van der Waals surface area (Å²) < 4.78 is 22.8. The van der Waals surface area contributed by atoms with E-state index in [9.17, 15) is 9.59 Å². The van der Waals surface area contributed by atoms with Crippen molar-refractivity contribution in [3.63, 3.8) is 0 Å². The molecule has 0 unspecified atom stereocenters. The van der Waals surface area contributed by atoms with Gasteiger partial charge in [-0.25, -0.2) is 0 Å². The van der Waals surface area contributed by atoms with E-state index in [2.05, 4.69) is 0 Å². The topological polar surface area (TPSA) is 91.7 Å². The molecule has 6 heteroatoms. The first kappa shape index (κ1) is 14.3. The van der Waals surface area contributed by atoms with Crippen LogP contribution in [0, 0.1) is 0 Å². The van der Waals surface area contributed by atoms with Crippen molar-refractivity contribution in [2.75, 3.05) is 0 Å². The molecule has 0 spiro atoms. The molecule has 0 radical (unpaired) electrons. The molecular formula is C14H10O5S. The summed E-state index contributed by atoms with van der Waals surface area (Å²) in [6.45, 7) is 0. The van der Waals surface area contributed by atoms with Crippen molar-refractivity contribution in [3.8, 4) is 0 Å². The third-order valence-corrected chi connectivity index (χ3v) is 2.83. The Morgan fingerprint density at radius 1 is 0.650 bits per heavy atom. The van der Waals surface area contributed by atoms with Crippen molar-refractivity contribution in [2.45, 2.75) is 0 Å². The van der Waals surface area contributed by atoms with E-state index in [0.29, 0.717) is 22.3 Å². The summed E-state index contributed by atoms with van der Waals surface area (Å²) in [5.74, 6) is -0.128. The highest BCUT2D eigenvalue weighted by Crippen LogP contribution is 2.26. The maximum Gasteiger partial charge on any atom is 0.299 e. The molecule has 0 saturated carbocycles. The average molecular weight is 290 g/mol. The number of hydrogen-bond acceptors (Lipinski definition) is 3. The molecule has 2 aromatic rings. The Bertz CT molecular complexity index is 599. The Morgan fingerprint density at radius 2 is 0.850 bits per heavy atom. The van der Waals surface area contributed by atoms with Crippen molar-refractivity contribution in [3.05, 3.63) is 70.8 Å². The van der Waals surface area contributed by atoms with E-state index in [-0.39, 0.29) is 11.6 Å². The summed E-state index contributed by atoms with van der Waals surface area (Å²) in [6, 6.07) is 13.9. The monoisotopic (exact) mass is 290 g/mol. The Kier molecular flexibility index (Phi) is 4.19. The maximum absolute atomic E-state index is 12.1. The van der Waals surface area contributed by atoms with E-state index in [4.69, 9.17) is 13.3 Å². The van der Waals surface area contributed by atoms with Gasteiger partial charge in [0.15, 0.2) is 11.6 Å². The van der Waals surface area contributed by atoms with E-state index >= 15 is 0 Å². The van der Waals surface area contributed by atoms with E-state index in [1.165, 1.54) is 0 Å². The van der Waals surface area contributed by atoms with Gasteiger partial charge in [-0.1, -0.05) is 48.5 Å². The molecule has 0 fully saturated rings. The molecule has 0 atom stereocenters. The van der Waals surface area contributed by atoms with Gasteiger partial charge in [0.05, 0.1) is 0 Å². The molecule has 5 nitrogen and oxygen atoms in total. The van der Waals surface area contributed by atoms with Gasteiger partial charge in [-0.05, 0) is 0 Å². The first-order valence-corrected chi connectivity index (χ1v) is 6.66. The van der Waals surface area contributed by atoms with Crippen LogP contribution in [-0.4, -0.2) is 24.9 Å². The number of ketones is 2. The summed E-state index contributed by atoms with van der Waals surface area (Å²) in [5, 5.41) is 0. The van der Waals surface area contributed by atoms with Gasteiger partial charge < -0.3 is 0 Å². The first-order chi connectivity index (χ1) is 9.52. The zero-order valence-electron chi connectivity index (χ0n) is 10.1. The molecule has 0 heterocycles. The molecule has 0 aromatic heterocycles. The van der Waals surface area contributed by atoms with Gasteiger partial charge >= 0.3 is 0 Å². The average Bonchev–Trinajstić information content (AvgIpc) is 2.44. The van der Waals surface area contributed by atoms with Crippen molar-refractivity contribution in [2.24, 2.45) is 0 Å². The first-order valence-electron chi connectivity index (χ1n) is 5.59. The zero-order valence-corrected chi connectivity index (χ0v) is 11.0. The van der Waals surface area contributed by atoms with Crippen LogP contribution in [0.5, 0.6) is 0 Å². The van der Waals surface area contributed by atoms with Crippen molar-refractivity contribution >= 4 is 22.9 Å². The van der Waals surface area contributed by atoms with Crippen LogP contribution in [0.1, 0.15) is 31.8 Å². The molecule has 0 amide bonds. The van der Waals surface area contributed by atoms with E-state index in [1.54, 1.807) is 48.5 Å². The van der Waals surface area contributed by atoms with Crippen LogP contribution in [0.15, 0.2) is 48.5 Å². The summed E-state index contributed by atoms with van der Waals surface area (Å²) >= 11 is -2.61. The minimum Gasteiger partial charge on any atom is -0.289 e. The van der Waals surface area contributed by atoms with Crippen molar-refractivity contribution in [1.82, 2.24) is 0 Å². The molecule has 0 aliphatic heterocycles. The van der Waals surface area contributed by atoms with Gasteiger partial charge in [0.1, 0.15) is 0 Å². The van der Waals surface area contributed by atoms with Crippen LogP contribution in [0.25, 0.3) is 0 Å². The predicted molar refractivity (Wildman–Crippen MR) is 73.1 cm³/mol. The van der Waals surface area contributed by atoms with Crippen LogP contribution < -0.4 is 0 Å². The standard InChI is InChI=1S/C14H8O2.H2O3S/c15-13-9-5-1-2-6-10(9)14(16)12-8-4-3-7-11(12)13;1-4(2)3/h1-8H;(H2,1,2,3). The highest BCUT2D eigenvalue weighted by molar-refractivity contribution is 7.73. The Morgan fingerprint density at radius 3 is 1.05 bits per heavy atom. The maximum atomic E-state index is 12.1. The molecule has 2 aromatic carbocycles. The molecular weight excluding hydrogens is 280 g/mol. The number of carbonyl (C=O) groups excluding carboxylic acids is 2. The van der Waals surface area contributed by atoms with Crippen molar-refractivity contribution < 1.29 is 22.9 Å². The third kappa shape index (κ3) is 2.72. The minimum atomic E-state index is -2.61. The lowest BCUT2D eigenvalue weighted by molar-refractivity contribution is 0.0979. The second kappa shape index (κ2) is 5.87. The predicted octanol–water partition coefficient (Wildman–Crippen LogP) is 2.14. The van der Waals surface area contributed by atoms with Gasteiger partial charge in [0.25, 0.3) is 11.4 Å². The van der Waals surface area contributed by atoms with Gasteiger partial charge in [-0.15, -0.1) is 0 Å². The lowest BCUT2D eigenvalue weighted by Crippen LogP contribution is -2.20. The number of hydrogen-bond donors (Lipinski definition) is 2. The number of rotatable bonds is 0. The fraction of sp³-hybridized carbons (Fsp3) is 0.